The molecule has 0 bridgehead atoms. The van der Waals surface area contributed by atoms with Crippen LogP contribution in [0.4, 0.5) is 0 Å². The fraction of sp³-hybridized carbons (Fsp3) is 0.500. The standard InChI is InChI=1S/C14H21NO2/c1-2-3-4-5-6-11-15-12-7-8-13(15)9-10-14(16)17/h7-10,12H,2-6,11H2,1H3,(H,16,17)/b10-9+. The Morgan fingerprint density at radius 2 is 2.12 bits per heavy atom. The first-order chi connectivity index (χ1) is 8.24. The van der Waals surface area contributed by atoms with E-state index in [9.17, 15) is 4.79 Å². The molecule has 0 aliphatic rings. The van der Waals surface area contributed by atoms with Gasteiger partial charge in [-0.25, -0.2) is 4.79 Å². The van der Waals surface area contributed by atoms with E-state index in [0.29, 0.717) is 0 Å². The van der Waals surface area contributed by atoms with E-state index in [-0.39, 0.29) is 0 Å². The van der Waals surface area contributed by atoms with Gasteiger partial charge in [0.25, 0.3) is 0 Å². The zero-order valence-electron chi connectivity index (χ0n) is 10.4. The number of carboxylic acids is 1. The average Bonchev–Trinajstić information content (AvgIpc) is 2.73. The quantitative estimate of drug-likeness (QED) is 0.553. The molecule has 1 N–H and O–H groups in total. The number of hydrogen-bond acceptors (Lipinski definition) is 1. The van der Waals surface area contributed by atoms with Crippen LogP contribution in [-0.2, 0) is 11.3 Å². The third-order valence-electron chi connectivity index (χ3n) is 2.76. The number of carboxylic acid groups (broad SMARTS) is 1. The molecule has 0 aliphatic heterocycles. The van der Waals surface area contributed by atoms with Gasteiger partial charge in [-0.2, -0.15) is 0 Å². The summed E-state index contributed by atoms with van der Waals surface area (Å²) in [4.78, 5) is 10.4. The van der Waals surface area contributed by atoms with Crippen molar-refractivity contribution in [1.29, 1.82) is 0 Å². The molecule has 1 aromatic rings. The van der Waals surface area contributed by atoms with Gasteiger partial charge < -0.3 is 9.67 Å². The fourth-order valence-corrected chi connectivity index (χ4v) is 1.82. The van der Waals surface area contributed by atoms with Crippen molar-refractivity contribution in [2.75, 3.05) is 0 Å². The van der Waals surface area contributed by atoms with E-state index in [1.54, 1.807) is 6.08 Å². The van der Waals surface area contributed by atoms with Gasteiger partial charge in [0.2, 0.25) is 0 Å². The van der Waals surface area contributed by atoms with Crippen LogP contribution in [0.15, 0.2) is 24.4 Å². The lowest BCUT2D eigenvalue weighted by Gasteiger charge is -2.05. The van der Waals surface area contributed by atoms with Gasteiger partial charge in [-0.15, -0.1) is 0 Å². The number of unbranched alkanes of at least 4 members (excludes halogenated alkanes) is 4. The minimum atomic E-state index is -0.902. The van der Waals surface area contributed by atoms with E-state index >= 15 is 0 Å². The molecule has 1 aromatic heterocycles. The molecule has 0 saturated carbocycles. The molecular formula is C14H21NO2. The number of aliphatic carboxylic acids is 1. The van der Waals surface area contributed by atoms with Gasteiger partial charge in [-0.05, 0) is 24.6 Å². The van der Waals surface area contributed by atoms with Crippen LogP contribution < -0.4 is 0 Å². The first-order valence-corrected chi connectivity index (χ1v) is 6.30. The van der Waals surface area contributed by atoms with Crippen molar-refractivity contribution in [3.63, 3.8) is 0 Å². The van der Waals surface area contributed by atoms with Gasteiger partial charge in [-0.1, -0.05) is 32.6 Å². The van der Waals surface area contributed by atoms with Crippen molar-refractivity contribution < 1.29 is 9.90 Å². The number of rotatable bonds is 8. The van der Waals surface area contributed by atoms with Crippen LogP contribution in [0.2, 0.25) is 0 Å². The second-order valence-electron chi connectivity index (χ2n) is 4.21. The van der Waals surface area contributed by atoms with Crippen molar-refractivity contribution >= 4 is 12.0 Å². The minimum Gasteiger partial charge on any atom is -0.478 e. The highest BCUT2D eigenvalue weighted by molar-refractivity contribution is 5.84. The summed E-state index contributed by atoms with van der Waals surface area (Å²) in [5, 5.41) is 8.58. The lowest BCUT2D eigenvalue weighted by Crippen LogP contribution is -1.99. The van der Waals surface area contributed by atoms with E-state index < -0.39 is 5.97 Å². The fourth-order valence-electron chi connectivity index (χ4n) is 1.82. The van der Waals surface area contributed by atoms with Gasteiger partial charge in [0.05, 0.1) is 0 Å². The summed E-state index contributed by atoms with van der Waals surface area (Å²) >= 11 is 0. The number of hydrogen-bond donors (Lipinski definition) is 1. The molecule has 0 amide bonds. The van der Waals surface area contributed by atoms with Crippen LogP contribution in [-0.4, -0.2) is 15.6 Å². The Morgan fingerprint density at radius 1 is 1.35 bits per heavy atom. The normalized spacial score (nSPS) is 11.1. The lowest BCUT2D eigenvalue weighted by molar-refractivity contribution is -0.131. The van der Waals surface area contributed by atoms with Gasteiger partial charge >= 0.3 is 5.97 Å². The van der Waals surface area contributed by atoms with Crippen molar-refractivity contribution in [3.8, 4) is 0 Å². The van der Waals surface area contributed by atoms with E-state index in [1.807, 2.05) is 18.3 Å². The molecule has 3 heteroatoms. The topological polar surface area (TPSA) is 42.2 Å². The summed E-state index contributed by atoms with van der Waals surface area (Å²) in [7, 11) is 0. The molecule has 0 spiro atoms. The van der Waals surface area contributed by atoms with Crippen molar-refractivity contribution in [1.82, 2.24) is 4.57 Å². The molecule has 94 valence electrons. The molecule has 1 heterocycles. The van der Waals surface area contributed by atoms with Gasteiger partial charge in [0.15, 0.2) is 0 Å². The molecule has 0 unspecified atom stereocenters. The van der Waals surface area contributed by atoms with Crippen molar-refractivity contribution in [2.45, 2.75) is 45.6 Å². The average molecular weight is 235 g/mol. The second-order valence-corrected chi connectivity index (χ2v) is 4.21. The van der Waals surface area contributed by atoms with E-state index in [0.717, 1.165) is 18.7 Å². The van der Waals surface area contributed by atoms with Gasteiger partial charge in [0, 0.05) is 24.5 Å². The van der Waals surface area contributed by atoms with Gasteiger partial charge in [-0.3, -0.25) is 0 Å². The minimum absolute atomic E-state index is 0.902. The lowest BCUT2D eigenvalue weighted by atomic mass is 10.1. The first-order valence-electron chi connectivity index (χ1n) is 6.30. The largest absolute Gasteiger partial charge is 0.478 e. The molecule has 1 rings (SSSR count). The number of carbonyl (C=O) groups is 1. The summed E-state index contributed by atoms with van der Waals surface area (Å²) in [5.41, 5.74) is 0.961. The van der Waals surface area contributed by atoms with Crippen LogP contribution in [0.1, 0.15) is 44.7 Å². The van der Waals surface area contributed by atoms with Crippen molar-refractivity contribution in [3.05, 3.63) is 30.1 Å². The zero-order chi connectivity index (χ0) is 12.5. The van der Waals surface area contributed by atoms with E-state index in [1.165, 1.54) is 31.8 Å². The van der Waals surface area contributed by atoms with Crippen LogP contribution in [0.3, 0.4) is 0 Å². The van der Waals surface area contributed by atoms with Crippen LogP contribution >= 0.6 is 0 Å². The molecular weight excluding hydrogens is 214 g/mol. The van der Waals surface area contributed by atoms with Crippen molar-refractivity contribution in [2.24, 2.45) is 0 Å². The zero-order valence-corrected chi connectivity index (χ0v) is 10.4. The number of aryl methyl sites for hydroxylation is 1. The van der Waals surface area contributed by atoms with Crippen LogP contribution in [0.5, 0.6) is 0 Å². The highest BCUT2D eigenvalue weighted by Crippen LogP contribution is 2.09. The Hall–Kier alpha value is -1.51. The summed E-state index contributed by atoms with van der Waals surface area (Å²) in [6.45, 7) is 3.18. The molecule has 0 saturated heterocycles. The third-order valence-corrected chi connectivity index (χ3v) is 2.76. The SMILES string of the molecule is CCCCCCCn1cccc1/C=C/C(=O)O. The predicted octanol–water partition coefficient (Wildman–Crippen LogP) is 3.56. The molecule has 17 heavy (non-hydrogen) atoms. The maximum atomic E-state index is 10.4. The molecule has 0 aliphatic carbocycles. The number of aromatic nitrogens is 1. The van der Waals surface area contributed by atoms with Crippen LogP contribution in [0, 0.1) is 0 Å². The summed E-state index contributed by atoms with van der Waals surface area (Å²) in [6.07, 6.45) is 11.1. The maximum Gasteiger partial charge on any atom is 0.328 e. The monoisotopic (exact) mass is 235 g/mol. The maximum absolute atomic E-state index is 10.4. The van der Waals surface area contributed by atoms with E-state index in [4.69, 9.17) is 5.11 Å². The predicted molar refractivity (Wildman–Crippen MR) is 69.9 cm³/mol. The molecule has 0 aromatic carbocycles. The molecule has 0 fully saturated rings. The smallest absolute Gasteiger partial charge is 0.328 e. The highest BCUT2D eigenvalue weighted by Gasteiger charge is 1.98. The van der Waals surface area contributed by atoms with Crippen LogP contribution in [0.25, 0.3) is 6.08 Å². The third kappa shape index (κ3) is 5.38. The Morgan fingerprint density at radius 3 is 2.82 bits per heavy atom. The summed E-state index contributed by atoms with van der Waals surface area (Å²) in [5.74, 6) is -0.902. The summed E-state index contributed by atoms with van der Waals surface area (Å²) in [6, 6.07) is 3.89. The Balaban J connectivity index is 2.38. The Bertz CT molecular complexity index is 366. The van der Waals surface area contributed by atoms with Gasteiger partial charge in [0.1, 0.15) is 0 Å². The summed E-state index contributed by atoms with van der Waals surface area (Å²) < 4.78 is 2.10. The first kappa shape index (κ1) is 13.6. The molecule has 0 radical (unpaired) electrons. The Kier molecular flexibility index (Phi) is 6.15. The number of nitrogens with zero attached hydrogens (tertiary/aromatic N) is 1. The molecule has 0 atom stereocenters. The highest BCUT2D eigenvalue weighted by atomic mass is 16.4. The van der Waals surface area contributed by atoms with E-state index in [2.05, 4.69) is 11.5 Å². The second kappa shape index (κ2) is 7.71. The molecule has 3 nitrogen and oxygen atoms in total. The Labute approximate surface area is 103 Å².